The number of amides is 1. The summed E-state index contributed by atoms with van der Waals surface area (Å²) in [6.45, 7) is 10.6. The molecule has 0 spiro atoms. The van der Waals surface area contributed by atoms with Crippen molar-refractivity contribution in [3.05, 3.63) is 23.3 Å². The minimum Gasteiger partial charge on any atom is -0.496 e. The molecule has 0 fully saturated rings. The van der Waals surface area contributed by atoms with Crippen molar-refractivity contribution in [3.63, 3.8) is 0 Å². The van der Waals surface area contributed by atoms with Crippen LogP contribution in [-0.2, 0) is 4.74 Å². The summed E-state index contributed by atoms with van der Waals surface area (Å²) in [6, 6.07) is 4.10. The second kappa shape index (κ2) is 6.19. The van der Waals surface area contributed by atoms with Crippen LogP contribution in [0.5, 0.6) is 5.75 Å². The molecule has 1 heterocycles. The minimum atomic E-state index is -0.493. The summed E-state index contributed by atoms with van der Waals surface area (Å²) in [4.78, 5) is 14.3. The maximum atomic E-state index is 12.5. The number of anilines is 1. The fourth-order valence-electron chi connectivity index (χ4n) is 3.01. The van der Waals surface area contributed by atoms with Gasteiger partial charge in [0.15, 0.2) is 0 Å². The number of benzene rings is 1. The Balaban J connectivity index is 2.46. The van der Waals surface area contributed by atoms with E-state index in [0.717, 1.165) is 35.4 Å². The lowest BCUT2D eigenvalue weighted by atomic mass is 9.86. The molecule has 0 saturated carbocycles. The van der Waals surface area contributed by atoms with Crippen LogP contribution in [-0.4, -0.2) is 25.3 Å². The van der Waals surface area contributed by atoms with Crippen LogP contribution in [0, 0.1) is 6.92 Å². The predicted octanol–water partition coefficient (Wildman–Crippen LogP) is 4.64. The second-order valence-corrected chi connectivity index (χ2v) is 6.93. The second-order valence-electron chi connectivity index (χ2n) is 6.93. The van der Waals surface area contributed by atoms with Crippen LogP contribution in [0.4, 0.5) is 10.5 Å². The van der Waals surface area contributed by atoms with E-state index in [1.54, 1.807) is 12.0 Å². The molecule has 0 N–H and O–H groups in total. The van der Waals surface area contributed by atoms with E-state index in [9.17, 15) is 4.79 Å². The fourth-order valence-corrected chi connectivity index (χ4v) is 3.01. The number of hydrogen-bond donors (Lipinski definition) is 0. The zero-order valence-electron chi connectivity index (χ0n) is 14.5. The van der Waals surface area contributed by atoms with Gasteiger partial charge in [0.25, 0.3) is 0 Å². The third-order valence-corrected chi connectivity index (χ3v) is 3.99. The van der Waals surface area contributed by atoms with Gasteiger partial charge in [-0.25, -0.2) is 4.79 Å². The molecule has 0 aromatic heterocycles. The number of hydrogen-bond acceptors (Lipinski definition) is 3. The number of methoxy groups -OCH3 is 1. The Bertz CT molecular complexity index is 560. The van der Waals surface area contributed by atoms with Crippen molar-refractivity contribution < 1.29 is 14.3 Å². The zero-order valence-corrected chi connectivity index (χ0v) is 14.5. The normalized spacial score (nSPS) is 17.9. The van der Waals surface area contributed by atoms with Gasteiger partial charge in [-0.2, -0.15) is 0 Å². The maximum Gasteiger partial charge on any atom is 0.414 e. The Kier molecular flexibility index (Phi) is 4.69. The lowest BCUT2D eigenvalue weighted by Crippen LogP contribution is -2.40. The molecule has 1 aliphatic heterocycles. The van der Waals surface area contributed by atoms with E-state index < -0.39 is 5.60 Å². The van der Waals surface area contributed by atoms with Gasteiger partial charge in [0.1, 0.15) is 11.4 Å². The van der Waals surface area contributed by atoms with Gasteiger partial charge in [0.05, 0.1) is 12.8 Å². The lowest BCUT2D eigenvalue weighted by molar-refractivity contribution is 0.0576. The van der Waals surface area contributed by atoms with Crippen molar-refractivity contribution in [2.75, 3.05) is 18.6 Å². The largest absolute Gasteiger partial charge is 0.496 e. The van der Waals surface area contributed by atoms with E-state index in [2.05, 4.69) is 13.0 Å². The van der Waals surface area contributed by atoms with E-state index in [0.29, 0.717) is 12.5 Å². The first-order valence-electron chi connectivity index (χ1n) is 7.96. The third-order valence-electron chi connectivity index (χ3n) is 3.99. The summed E-state index contributed by atoms with van der Waals surface area (Å²) in [5.74, 6) is 1.29. The highest BCUT2D eigenvalue weighted by atomic mass is 16.6. The van der Waals surface area contributed by atoms with E-state index in [1.165, 1.54) is 0 Å². The minimum absolute atomic E-state index is 0.282. The number of carbonyl (C=O) groups excluding carboxylic acids is 1. The summed E-state index contributed by atoms with van der Waals surface area (Å²) < 4.78 is 11.1. The average molecular weight is 305 g/mol. The predicted molar refractivity (Wildman–Crippen MR) is 89.0 cm³/mol. The highest BCUT2D eigenvalue weighted by molar-refractivity contribution is 5.90. The summed E-state index contributed by atoms with van der Waals surface area (Å²) in [5, 5.41) is 0. The van der Waals surface area contributed by atoms with Gasteiger partial charge in [-0.1, -0.05) is 6.92 Å². The van der Waals surface area contributed by atoms with Crippen LogP contribution in [0.3, 0.4) is 0 Å². The van der Waals surface area contributed by atoms with Crippen LogP contribution in [0.25, 0.3) is 0 Å². The van der Waals surface area contributed by atoms with Crippen LogP contribution in [0.2, 0.25) is 0 Å². The van der Waals surface area contributed by atoms with Crippen LogP contribution in [0.1, 0.15) is 57.6 Å². The molecular formula is C18H27NO3. The van der Waals surface area contributed by atoms with Crippen LogP contribution in [0.15, 0.2) is 12.1 Å². The molecule has 0 unspecified atom stereocenters. The van der Waals surface area contributed by atoms with E-state index in [4.69, 9.17) is 9.47 Å². The van der Waals surface area contributed by atoms with Gasteiger partial charge in [-0.15, -0.1) is 0 Å². The number of carbonyl (C=O) groups is 1. The number of rotatable bonds is 2. The Morgan fingerprint density at radius 1 is 1.36 bits per heavy atom. The number of nitrogens with zero attached hydrogens (tertiary/aromatic N) is 1. The third kappa shape index (κ3) is 3.37. The molecule has 0 radical (unpaired) electrons. The van der Waals surface area contributed by atoms with Gasteiger partial charge in [-0.05, 0) is 64.2 Å². The molecule has 1 aromatic rings. The van der Waals surface area contributed by atoms with Crippen molar-refractivity contribution in [3.8, 4) is 5.75 Å². The van der Waals surface area contributed by atoms with Gasteiger partial charge in [0, 0.05) is 12.1 Å². The molecule has 4 nitrogen and oxygen atoms in total. The van der Waals surface area contributed by atoms with Crippen LogP contribution < -0.4 is 9.64 Å². The molecule has 0 saturated heterocycles. The molecule has 122 valence electrons. The maximum absolute atomic E-state index is 12.5. The standard InChI is InChI=1S/C18H27NO3/c1-7-13-8-9-19(17(20)22-18(3,4)5)14-10-12(2)11-15(21-6)16(13)14/h10-11,13H,7-9H2,1-6H3/t13-/m1/s1. The monoisotopic (exact) mass is 305 g/mol. The SMILES string of the molecule is CC[C@@H]1CCN(C(=O)OC(C)(C)C)c2cc(C)cc(OC)c21. The molecule has 1 aliphatic rings. The highest BCUT2D eigenvalue weighted by Crippen LogP contribution is 2.44. The van der Waals surface area contributed by atoms with Gasteiger partial charge < -0.3 is 9.47 Å². The molecule has 0 aliphatic carbocycles. The summed E-state index contributed by atoms with van der Waals surface area (Å²) in [5.41, 5.74) is 2.66. The van der Waals surface area contributed by atoms with E-state index in [1.807, 2.05) is 33.8 Å². The van der Waals surface area contributed by atoms with Crippen molar-refractivity contribution in [2.45, 2.75) is 59.0 Å². The first-order valence-corrected chi connectivity index (χ1v) is 7.96. The Labute approximate surface area is 133 Å². The van der Waals surface area contributed by atoms with E-state index >= 15 is 0 Å². The zero-order chi connectivity index (χ0) is 16.5. The van der Waals surface area contributed by atoms with Gasteiger partial charge in [-0.3, -0.25) is 4.90 Å². The first kappa shape index (κ1) is 16.7. The Hall–Kier alpha value is -1.71. The lowest BCUT2D eigenvalue weighted by Gasteiger charge is -2.36. The quantitative estimate of drug-likeness (QED) is 0.799. The van der Waals surface area contributed by atoms with Crippen molar-refractivity contribution in [1.82, 2.24) is 0 Å². The molecule has 1 aromatic carbocycles. The molecule has 4 heteroatoms. The Morgan fingerprint density at radius 2 is 2.05 bits per heavy atom. The number of ether oxygens (including phenoxy) is 2. The smallest absolute Gasteiger partial charge is 0.414 e. The number of fused-ring (bicyclic) bond motifs is 1. The highest BCUT2D eigenvalue weighted by Gasteiger charge is 2.33. The topological polar surface area (TPSA) is 38.8 Å². The van der Waals surface area contributed by atoms with Gasteiger partial charge >= 0.3 is 6.09 Å². The van der Waals surface area contributed by atoms with Gasteiger partial charge in [0.2, 0.25) is 0 Å². The molecular weight excluding hydrogens is 278 g/mol. The molecule has 22 heavy (non-hydrogen) atoms. The van der Waals surface area contributed by atoms with Crippen molar-refractivity contribution in [2.24, 2.45) is 0 Å². The Morgan fingerprint density at radius 3 is 2.59 bits per heavy atom. The van der Waals surface area contributed by atoms with Crippen molar-refractivity contribution in [1.29, 1.82) is 0 Å². The fraction of sp³-hybridized carbons (Fsp3) is 0.611. The van der Waals surface area contributed by atoms with Crippen molar-refractivity contribution >= 4 is 11.8 Å². The summed E-state index contributed by atoms with van der Waals surface area (Å²) >= 11 is 0. The molecule has 1 amide bonds. The average Bonchev–Trinajstić information content (AvgIpc) is 2.42. The summed E-state index contributed by atoms with van der Waals surface area (Å²) in [7, 11) is 1.69. The summed E-state index contributed by atoms with van der Waals surface area (Å²) in [6.07, 6.45) is 1.69. The van der Waals surface area contributed by atoms with E-state index in [-0.39, 0.29) is 6.09 Å². The first-order chi connectivity index (χ1) is 10.3. The molecule has 1 atom stereocenters. The molecule has 2 rings (SSSR count). The number of aryl methyl sites for hydroxylation is 1. The van der Waals surface area contributed by atoms with Crippen LogP contribution >= 0.6 is 0 Å². The molecule has 0 bridgehead atoms.